The van der Waals surface area contributed by atoms with Crippen molar-refractivity contribution in [1.29, 1.82) is 0 Å². The van der Waals surface area contributed by atoms with Gasteiger partial charge in [-0.3, -0.25) is 19.4 Å². The van der Waals surface area contributed by atoms with E-state index in [-0.39, 0.29) is 16.2 Å². The van der Waals surface area contributed by atoms with Crippen LogP contribution in [0.5, 0.6) is 5.75 Å². The SMILES string of the molecule is COc1cc2c(cc1C=C1C(=O)N(c3ccccc3)C(=S)N(c3ccccc3)C1=O)C(C)=CC(C)(C)N2C. The van der Waals surface area contributed by atoms with Crippen LogP contribution in [0.3, 0.4) is 0 Å². The zero-order valence-electron chi connectivity index (χ0n) is 22.1. The second kappa shape index (κ2) is 9.58. The number of methoxy groups -OCH3 is 1. The van der Waals surface area contributed by atoms with Crippen molar-refractivity contribution in [2.24, 2.45) is 0 Å². The van der Waals surface area contributed by atoms with Crippen molar-refractivity contribution < 1.29 is 14.3 Å². The number of nitrogens with zero attached hydrogens (tertiary/aromatic N) is 3. The number of allylic oxidation sites excluding steroid dienone is 1. The molecule has 3 aromatic carbocycles. The smallest absolute Gasteiger partial charge is 0.270 e. The number of anilines is 3. The second-order valence-corrected chi connectivity index (χ2v) is 10.3. The van der Waals surface area contributed by atoms with E-state index in [1.165, 1.54) is 9.80 Å². The Hall–Kier alpha value is -4.23. The third-order valence-electron chi connectivity index (χ3n) is 7.15. The van der Waals surface area contributed by atoms with Gasteiger partial charge in [0.1, 0.15) is 11.3 Å². The van der Waals surface area contributed by atoms with Crippen LogP contribution in [-0.2, 0) is 9.59 Å². The van der Waals surface area contributed by atoms with E-state index in [0.29, 0.717) is 22.7 Å². The van der Waals surface area contributed by atoms with Crippen LogP contribution >= 0.6 is 12.2 Å². The molecule has 2 amide bonds. The zero-order valence-corrected chi connectivity index (χ0v) is 22.9. The van der Waals surface area contributed by atoms with Crippen molar-refractivity contribution in [3.05, 3.63) is 95.6 Å². The summed E-state index contributed by atoms with van der Waals surface area (Å²) in [5.74, 6) is -0.396. The summed E-state index contributed by atoms with van der Waals surface area (Å²) in [6.07, 6.45) is 3.83. The van der Waals surface area contributed by atoms with Gasteiger partial charge in [0, 0.05) is 29.9 Å². The standard InChI is InChI=1S/C31H29N3O3S/c1-20-19-31(2,3)32(4)26-18-27(37-5)21(16-24(20)26)17-25-28(35)33(22-12-8-6-9-13-22)30(38)34(29(25)36)23-14-10-7-11-15-23/h6-19H,1-5H3. The van der Waals surface area contributed by atoms with Crippen molar-refractivity contribution in [2.45, 2.75) is 26.3 Å². The number of thiocarbonyl (C=S) groups is 1. The topological polar surface area (TPSA) is 53.1 Å². The van der Waals surface area contributed by atoms with E-state index in [2.05, 4.69) is 31.7 Å². The summed E-state index contributed by atoms with van der Waals surface area (Å²) in [6, 6.07) is 22.2. The van der Waals surface area contributed by atoms with Gasteiger partial charge in [-0.15, -0.1) is 0 Å². The first-order chi connectivity index (χ1) is 18.1. The number of hydrogen-bond acceptors (Lipinski definition) is 5. The second-order valence-electron chi connectivity index (χ2n) is 9.94. The highest BCUT2D eigenvalue weighted by Gasteiger charge is 2.41. The van der Waals surface area contributed by atoms with Crippen LogP contribution in [0.25, 0.3) is 11.6 Å². The molecule has 0 N–H and O–H groups in total. The number of carbonyl (C=O) groups excluding carboxylic acids is 2. The lowest BCUT2D eigenvalue weighted by atomic mass is 9.88. The van der Waals surface area contributed by atoms with Crippen molar-refractivity contribution in [1.82, 2.24) is 0 Å². The lowest BCUT2D eigenvalue weighted by Gasteiger charge is -2.41. The van der Waals surface area contributed by atoms with E-state index in [1.54, 1.807) is 37.5 Å². The lowest BCUT2D eigenvalue weighted by Crippen LogP contribution is -2.56. The summed E-state index contributed by atoms with van der Waals surface area (Å²) in [7, 11) is 3.64. The van der Waals surface area contributed by atoms with E-state index in [4.69, 9.17) is 17.0 Å². The Balaban J connectivity index is 1.69. The van der Waals surface area contributed by atoms with Crippen LogP contribution in [0.1, 0.15) is 31.9 Å². The number of hydrogen-bond donors (Lipinski definition) is 0. The van der Waals surface area contributed by atoms with Crippen molar-refractivity contribution in [3.63, 3.8) is 0 Å². The Morgan fingerprint density at radius 1 is 0.868 bits per heavy atom. The average Bonchev–Trinajstić information content (AvgIpc) is 2.90. The molecule has 192 valence electrons. The molecule has 2 aliphatic heterocycles. The number of amides is 2. The summed E-state index contributed by atoms with van der Waals surface area (Å²) >= 11 is 5.71. The van der Waals surface area contributed by atoms with Crippen molar-refractivity contribution >= 4 is 57.9 Å². The minimum Gasteiger partial charge on any atom is -0.496 e. The van der Waals surface area contributed by atoms with E-state index in [9.17, 15) is 9.59 Å². The Morgan fingerprint density at radius 2 is 1.39 bits per heavy atom. The van der Waals surface area contributed by atoms with Crippen molar-refractivity contribution in [2.75, 3.05) is 28.9 Å². The summed E-state index contributed by atoms with van der Waals surface area (Å²) in [5.41, 5.74) is 4.79. The Kier molecular flexibility index (Phi) is 6.41. The van der Waals surface area contributed by atoms with Gasteiger partial charge in [-0.1, -0.05) is 42.5 Å². The largest absolute Gasteiger partial charge is 0.496 e. The Bertz CT molecular complexity index is 1450. The third kappa shape index (κ3) is 4.19. The first-order valence-corrected chi connectivity index (χ1v) is 12.7. The van der Waals surface area contributed by atoms with Crippen LogP contribution in [0.15, 0.2) is 84.4 Å². The highest BCUT2D eigenvalue weighted by Crippen LogP contribution is 2.42. The fourth-order valence-electron chi connectivity index (χ4n) is 4.98. The maximum Gasteiger partial charge on any atom is 0.270 e. The quantitative estimate of drug-likeness (QED) is 0.236. The maximum atomic E-state index is 13.9. The average molecular weight is 524 g/mol. The first kappa shape index (κ1) is 25.4. The molecule has 5 rings (SSSR count). The summed E-state index contributed by atoms with van der Waals surface area (Å²) in [5, 5.41) is 0.106. The molecule has 2 aliphatic rings. The highest BCUT2D eigenvalue weighted by atomic mass is 32.1. The molecular weight excluding hydrogens is 494 g/mol. The molecule has 0 spiro atoms. The molecule has 0 atom stereocenters. The lowest BCUT2D eigenvalue weighted by molar-refractivity contribution is -0.120. The van der Waals surface area contributed by atoms with Crippen molar-refractivity contribution in [3.8, 4) is 5.75 Å². The fraction of sp³-hybridized carbons (Fsp3) is 0.194. The first-order valence-electron chi connectivity index (χ1n) is 12.3. The normalized spacial score (nSPS) is 16.9. The number of carbonyl (C=O) groups is 2. The number of para-hydroxylation sites is 2. The van der Waals surface area contributed by atoms with Gasteiger partial charge in [0.25, 0.3) is 11.8 Å². The molecule has 3 aromatic rings. The van der Waals surface area contributed by atoms with Gasteiger partial charge in [0.05, 0.1) is 24.0 Å². The van der Waals surface area contributed by atoms with Gasteiger partial charge < -0.3 is 9.64 Å². The van der Waals surface area contributed by atoms with Crippen LogP contribution < -0.4 is 19.4 Å². The van der Waals surface area contributed by atoms with Gasteiger partial charge in [0.2, 0.25) is 0 Å². The third-order valence-corrected chi connectivity index (χ3v) is 7.51. The molecule has 0 radical (unpaired) electrons. The molecule has 1 fully saturated rings. The number of fused-ring (bicyclic) bond motifs is 1. The molecule has 0 aromatic heterocycles. The molecule has 0 unspecified atom stereocenters. The number of benzene rings is 3. The van der Waals surface area contributed by atoms with Crippen LogP contribution in [-0.4, -0.2) is 36.6 Å². The van der Waals surface area contributed by atoms with E-state index in [0.717, 1.165) is 16.8 Å². The molecule has 7 heteroatoms. The molecule has 2 heterocycles. The van der Waals surface area contributed by atoms with Gasteiger partial charge in [-0.2, -0.15) is 0 Å². The summed E-state index contributed by atoms with van der Waals surface area (Å²) in [6.45, 7) is 6.38. The van der Waals surface area contributed by atoms with Crippen LogP contribution in [0.4, 0.5) is 17.1 Å². The summed E-state index contributed by atoms with van der Waals surface area (Å²) in [4.78, 5) is 32.8. The highest BCUT2D eigenvalue weighted by molar-refractivity contribution is 7.81. The minimum atomic E-state index is -0.483. The Morgan fingerprint density at radius 3 is 1.89 bits per heavy atom. The van der Waals surface area contributed by atoms with Gasteiger partial charge in [-0.25, -0.2) is 0 Å². The molecular formula is C31H29N3O3S. The molecule has 38 heavy (non-hydrogen) atoms. The number of rotatable bonds is 4. The molecule has 6 nitrogen and oxygen atoms in total. The number of ether oxygens (including phenoxy) is 1. The fourth-order valence-corrected chi connectivity index (χ4v) is 5.35. The predicted molar refractivity (Wildman–Crippen MR) is 158 cm³/mol. The maximum absolute atomic E-state index is 13.9. The Labute approximate surface area is 228 Å². The predicted octanol–water partition coefficient (Wildman–Crippen LogP) is 6.08. The summed E-state index contributed by atoms with van der Waals surface area (Å²) < 4.78 is 5.75. The monoisotopic (exact) mass is 523 g/mol. The van der Waals surface area contributed by atoms with E-state index in [1.807, 2.05) is 55.6 Å². The minimum absolute atomic E-state index is 0.00400. The van der Waals surface area contributed by atoms with Crippen LogP contribution in [0, 0.1) is 0 Å². The molecule has 0 aliphatic carbocycles. The molecule has 0 saturated carbocycles. The van der Waals surface area contributed by atoms with E-state index < -0.39 is 11.8 Å². The van der Waals surface area contributed by atoms with Gasteiger partial charge >= 0.3 is 0 Å². The van der Waals surface area contributed by atoms with Crippen LogP contribution in [0.2, 0.25) is 0 Å². The number of likely N-dealkylation sites (N-methyl/N-ethyl adjacent to an activating group) is 1. The van der Waals surface area contributed by atoms with Gasteiger partial charge in [-0.05, 0) is 75.0 Å². The van der Waals surface area contributed by atoms with E-state index >= 15 is 0 Å². The molecule has 1 saturated heterocycles. The van der Waals surface area contributed by atoms with Gasteiger partial charge in [0.15, 0.2) is 5.11 Å². The zero-order chi connectivity index (χ0) is 27.2. The molecule has 0 bridgehead atoms.